The zero-order valence-corrected chi connectivity index (χ0v) is 11.9. The highest BCUT2D eigenvalue weighted by Gasteiger charge is 2.02. The van der Waals surface area contributed by atoms with Gasteiger partial charge in [0.05, 0.1) is 10.0 Å². The Kier molecular flexibility index (Phi) is 4.58. The number of rotatable bonds is 2. The van der Waals surface area contributed by atoms with E-state index in [0.717, 1.165) is 0 Å². The van der Waals surface area contributed by atoms with Crippen molar-refractivity contribution in [1.29, 1.82) is 0 Å². The van der Waals surface area contributed by atoms with Crippen LogP contribution in [0.4, 0.5) is 15.8 Å². The number of halogens is 3. The van der Waals surface area contributed by atoms with E-state index in [1.54, 1.807) is 30.3 Å². The van der Waals surface area contributed by atoms with Crippen molar-refractivity contribution in [2.45, 2.75) is 0 Å². The van der Waals surface area contributed by atoms with Gasteiger partial charge in [0.1, 0.15) is 5.82 Å². The van der Waals surface area contributed by atoms with Gasteiger partial charge in [0.15, 0.2) is 5.11 Å². The third kappa shape index (κ3) is 4.06. The van der Waals surface area contributed by atoms with Gasteiger partial charge in [0.25, 0.3) is 0 Å². The summed E-state index contributed by atoms with van der Waals surface area (Å²) in [5.41, 5.74) is 1.26. The van der Waals surface area contributed by atoms with Crippen molar-refractivity contribution in [1.82, 2.24) is 0 Å². The molecule has 2 aromatic rings. The van der Waals surface area contributed by atoms with Gasteiger partial charge in [-0.1, -0.05) is 29.3 Å². The maximum atomic E-state index is 13.0. The quantitative estimate of drug-likeness (QED) is 0.768. The molecule has 0 saturated carbocycles. The summed E-state index contributed by atoms with van der Waals surface area (Å²) in [6.07, 6.45) is 0. The number of nitrogens with one attached hydrogen (secondary N) is 2. The number of benzene rings is 2. The fourth-order valence-corrected chi connectivity index (χ4v) is 1.97. The summed E-state index contributed by atoms with van der Waals surface area (Å²) >= 11 is 16.8. The number of hydrogen-bond acceptors (Lipinski definition) is 1. The summed E-state index contributed by atoms with van der Waals surface area (Å²) < 4.78 is 13.0. The van der Waals surface area contributed by atoms with Crippen LogP contribution in [0.3, 0.4) is 0 Å². The molecule has 2 rings (SSSR count). The second kappa shape index (κ2) is 6.19. The van der Waals surface area contributed by atoms with E-state index in [1.807, 2.05) is 0 Å². The highest BCUT2D eigenvalue weighted by molar-refractivity contribution is 7.80. The molecule has 2 nitrogen and oxygen atoms in total. The maximum absolute atomic E-state index is 13.0. The number of anilines is 2. The van der Waals surface area contributed by atoms with E-state index in [1.165, 1.54) is 12.1 Å². The molecule has 0 atom stereocenters. The predicted molar refractivity (Wildman–Crippen MR) is 82.7 cm³/mol. The van der Waals surface area contributed by atoms with Gasteiger partial charge in [0.2, 0.25) is 0 Å². The summed E-state index contributed by atoms with van der Waals surface area (Å²) in [6.45, 7) is 0. The molecule has 2 aromatic carbocycles. The molecule has 0 bridgehead atoms. The minimum atomic E-state index is -0.331. The first-order valence-electron chi connectivity index (χ1n) is 5.33. The van der Waals surface area contributed by atoms with Crippen LogP contribution >= 0.6 is 35.4 Å². The Hall–Kier alpha value is -1.36. The third-order valence-corrected chi connectivity index (χ3v) is 3.20. The second-order valence-electron chi connectivity index (χ2n) is 3.72. The molecule has 0 aliphatic rings. The van der Waals surface area contributed by atoms with Crippen LogP contribution in [0.2, 0.25) is 10.0 Å². The molecule has 0 fully saturated rings. The topological polar surface area (TPSA) is 24.1 Å². The lowest BCUT2D eigenvalue weighted by molar-refractivity contribution is 0.628. The molecule has 0 aromatic heterocycles. The average Bonchev–Trinajstić information content (AvgIpc) is 2.34. The molecule has 0 radical (unpaired) electrons. The summed E-state index contributed by atoms with van der Waals surface area (Å²) in [7, 11) is 0. The largest absolute Gasteiger partial charge is 0.332 e. The van der Waals surface area contributed by atoms with Gasteiger partial charge in [0, 0.05) is 11.4 Å². The molecule has 0 heterocycles. The van der Waals surface area contributed by atoms with Crippen molar-refractivity contribution in [3.8, 4) is 0 Å². The summed E-state index contributed by atoms with van der Waals surface area (Å²) in [5.74, 6) is -0.331. The average molecular weight is 315 g/mol. The number of thiocarbonyl (C=S) groups is 1. The Morgan fingerprint density at radius 1 is 0.947 bits per heavy atom. The molecular weight excluding hydrogens is 306 g/mol. The Morgan fingerprint density at radius 3 is 2.26 bits per heavy atom. The van der Waals surface area contributed by atoms with Crippen LogP contribution in [0.5, 0.6) is 0 Å². The van der Waals surface area contributed by atoms with Gasteiger partial charge < -0.3 is 10.6 Å². The predicted octanol–water partition coefficient (Wildman–Crippen LogP) is 4.94. The lowest BCUT2D eigenvalue weighted by Crippen LogP contribution is -2.19. The van der Waals surface area contributed by atoms with Crippen LogP contribution in [0.15, 0.2) is 42.5 Å². The van der Waals surface area contributed by atoms with Crippen molar-refractivity contribution in [2.24, 2.45) is 0 Å². The second-order valence-corrected chi connectivity index (χ2v) is 4.94. The minimum Gasteiger partial charge on any atom is -0.332 e. The Balaban J connectivity index is 2.03. The van der Waals surface area contributed by atoms with Crippen molar-refractivity contribution >= 4 is 51.9 Å². The first-order chi connectivity index (χ1) is 9.04. The van der Waals surface area contributed by atoms with Crippen molar-refractivity contribution in [3.05, 3.63) is 58.3 Å². The summed E-state index contributed by atoms with van der Waals surface area (Å²) in [4.78, 5) is 0. The Bertz CT molecular complexity index is 619. The van der Waals surface area contributed by atoms with Crippen LogP contribution in [0, 0.1) is 5.82 Å². The van der Waals surface area contributed by atoms with E-state index >= 15 is 0 Å². The molecule has 0 saturated heterocycles. The first kappa shape index (κ1) is 14.1. The molecule has 0 spiro atoms. The van der Waals surface area contributed by atoms with Crippen LogP contribution in [-0.2, 0) is 0 Å². The molecule has 98 valence electrons. The molecule has 2 N–H and O–H groups in total. The van der Waals surface area contributed by atoms with Gasteiger partial charge in [-0.15, -0.1) is 0 Å². The van der Waals surface area contributed by atoms with E-state index in [4.69, 9.17) is 35.4 Å². The molecule has 6 heteroatoms. The molecular formula is C13H9Cl2FN2S. The SMILES string of the molecule is Fc1cccc(NC(=S)Nc2ccc(Cl)c(Cl)c2)c1. The van der Waals surface area contributed by atoms with Crippen molar-refractivity contribution < 1.29 is 4.39 Å². The lowest BCUT2D eigenvalue weighted by Gasteiger charge is -2.11. The lowest BCUT2D eigenvalue weighted by atomic mass is 10.3. The van der Waals surface area contributed by atoms with Crippen molar-refractivity contribution in [2.75, 3.05) is 10.6 Å². The van der Waals surface area contributed by atoms with Gasteiger partial charge in [-0.2, -0.15) is 0 Å². The van der Waals surface area contributed by atoms with E-state index in [0.29, 0.717) is 26.5 Å². The zero-order chi connectivity index (χ0) is 13.8. The smallest absolute Gasteiger partial charge is 0.175 e. The zero-order valence-electron chi connectivity index (χ0n) is 9.58. The van der Waals surface area contributed by atoms with E-state index in [-0.39, 0.29) is 5.82 Å². The Labute approximate surface area is 125 Å². The summed E-state index contributed by atoms with van der Waals surface area (Å²) in [5, 5.41) is 7.04. The maximum Gasteiger partial charge on any atom is 0.175 e. The minimum absolute atomic E-state index is 0.331. The summed E-state index contributed by atoms with van der Waals surface area (Å²) in [6, 6.07) is 11.1. The number of hydrogen-bond donors (Lipinski definition) is 2. The molecule has 19 heavy (non-hydrogen) atoms. The van der Waals surface area contributed by atoms with Crippen molar-refractivity contribution in [3.63, 3.8) is 0 Å². The molecule has 0 unspecified atom stereocenters. The van der Waals surface area contributed by atoms with Gasteiger partial charge in [-0.3, -0.25) is 0 Å². The van der Waals surface area contributed by atoms with Crippen LogP contribution in [-0.4, -0.2) is 5.11 Å². The molecule has 0 aliphatic carbocycles. The van der Waals surface area contributed by atoms with Gasteiger partial charge in [-0.25, -0.2) is 4.39 Å². The Morgan fingerprint density at radius 2 is 1.63 bits per heavy atom. The van der Waals surface area contributed by atoms with E-state index in [9.17, 15) is 4.39 Å². The molecule has 0 amide bonds. The highest BCUT2D eigenvalue weighted by atomic mass is 35.5. The fourth-order valence-electron chi connectivity index (χ4n) is 1.43. The van der Waals surface area contributed by atoms with Gasteiger partial charge in [-0.05, 0) is 48.6 Å². The van der Waals surface area contributed by atoms with Crippen LogP contribution in [0.1, 0.15) is 0 Å². The fraction of sp³-hybridized carbons (Fsp3) is 0. The van der Waals surface area contributed by atoms with Crippen LogP contribution in [0.25, 0.3) is 0 Å². The van der Waals surface area contributed by atoms with Gasteiger partial charge >= 0.3 is 0 Å². The standard InChI is InChI=1S/C13H9Cl2FN2S/c14-11-5-4-10(7-12(11)15)18-13(19)17-9-3-1-2-8(16)6-9/h1-7H,(H2,17,18,19). The third-order valence-electron chi connectivity index (χ3n) is 2.26. The van der Waals surface area contributed by atoms with E-state index < -0.39 is 0 Å². The van der Waals surface area contributed by atoms with E-state index in [2.05, 4.69) is 10.6 Å². The first-order valence-corrected chi connectivity index (χ1v) is 6.49. The molecule has 0 aliphatic heterocycles. The monoisotopic (exact) mass is 314 g/mol. The highest BCUT2D eigenvalue weighted by Crippen LogP contribution is 2.25. The van der Waals surface area contributed by atoms with Crippen LogP contribution < -0.4 is 10.6 Å². The normalized spacial score (nSPS) is 10.1.